The van der Waals surface area contributed by atoms with E-state index in [-0.39, 0.29) is 49.4 Å². The second-order valence-corrected chi connectivity index (χ2v) is 10.0. The monoisotopic (exact) mass is 414 g/mol. The molecular weight excluding hydrogens is 388 g/mol. The molecule has 29 heavy (non-hydrogen) atoms. The predicted octanol–water partition coefficient (Wildman–Crippen LogP) is 1.98. The highest BCUT2D eigenvalue weighted by Gasteiger charge is 2.55. The van der Waals surface area contributed by atoms with Crippen LogP contribution in [0.5, 0.6) is 0 Å². The van der Waals surface area contributed by atoms with E-state index in [0.717, 1.165) is 11.1 Å². The lowest BCUT2D eigenvalue weighted by Gasteiger charge is -2.58. The maximum absolute atomic E-state index is 12.6. The van der Waals surface area contributed by atoms with Gasteiger partial charge in [-0.15, -0.1) is 0 Å². The van der Waals surface area contributed by atoms with Crippen LogP contribution < -0.4 is 0 Å². The number of hydrogen-bond donors (Lipinski definition) is 1. The Hall–Kier alpha value is -2.22. The largest absolute Gasteiger partial charge is 0.394 e. The molecule has 0 aromatic heterocycles. The molecular formula is C22H26N2O4S. The minimum Gasteiger partial charge on any atom is -0.394 e. The van der Waals surface area contributed by atoms with Crippen molar-refractivity contribution < 1.29 is 18.3 Å². The number of fused-ring (bicyclic) bond motifs is 1. The highest BCUT2D eigenvalue weighted by molar-refractivity contribution is 7.89. The second kappa shape index (κ2) is 7.55. The molecule has 0 unspecified atom stereocenters. The highest BCUT2D eigenvalue weighted by atomic mass is 32.2. The molecule has 2 saturated heterocycles. The van der Waals surface area contributed by atoms with Crippen LogP contribution in [0.2, 0.25) is 0 Å². The smallest absolute Gasteiger partial charge is 0.238 e. The Morgan fingerprint density at radius 1 is 1.10 bits per heavy atom. The topological polar surface area (TPSA) is 77.9 Å². The van der Waals surface area contributed by atoms with Crippen molar-refractivity contribution >= 4 is 15.9 Å². The van der Waals surface area contributed by atoms with Gasteiger partial charge in [-0.25, -0.2) is 8.42 Å². The van der Waals surface area contributed by atoms with Gasteiger partial charge in [-0.2, -0.15) is 4.31 Å². The number of carbonyl (C=O) groups is 1. The summed E-state index contributed by atoms with van der Waals surface area (Å²) in [5.74, 6) is -0.332. The first-order valence-electron chi connectivity index (χ1n) is 9.93. The predicted molar refractivity (Wildman–Crippen MR) is 112 cm³/mol. The molecule has 2 heterocycles. The number of aliphatic hydroxyl groups is 1. The van der Waals surface area contributed by atoms with Crippen LogP contribution in [0.15, 0.2) is 48.5 Å². The Morgan fingerprint density at radius 3 is 2.41 bits per heavy atom. The van der Waals surface area contributed by atoms with Gasteiger partial charge in [-0.3, -0.25) is 4.79 Å². The van der Waals surface area contributed by atoms with Gasteiger partial charge in [0.1, 0.15) is 0 Å². The number of carbonyl (C=O) groups excluding carboxylic acids is 1. The zero-order valence-electron chi connectivity index (χ0n) is 16.7. The average Bonchev–Trinajstić information content (AvgIpc) is 2.70. The molecule has 0 saturated carbocycles. The minimum absolute atomic E-state index is 0.0216. The molecule has 0 radical (unpaired) electrons. The van der Waals surface area contributed by atoms with Crippen LogP contribution in [0.3, 0.4) is 0 Å². The molecule has 4 rings (SSSR count). The van der Waals surface area contributed by atoms with Crippen LogP contribution in [0.1, 0.15) is 24.0 Å². The van der Waals surface area contributed by atoms with Gasteiger partial charge in [-0.1, -0.05) is 48.5 Å². The Balaban J connectivity index is 1.62. The Labute approximate surface area is 171 Å². The number of benzene rings is 2. The standard InChI is InChI=1S/C22H26N2O4S/c1-3-29(27,28)23-12-19-22(20(14-25)24(19)21(26)13-23)17-10-8-16(9-11-17)18-7-5-4-6-15(18)2/h4-11,19-20,22,25H,3,12-14H2,1-2H3/t19-,20+,22-/m0/s1. The molecule has 7 heteroatoms. The van der Waals surface area contributed by atoms with Crippen LogP contribution in [0, 0.1) is 6.92 Å². The van der Waals surface area contributed by atoms with Crippen LogP contribution in [-0.2, 0) is 14.8 Å². The zero-order chi connectivity index (χ0) is 20.8. The summed E-state index contributed by atoms with van der Waals surface area (Å²) in [6, 6.07) is 15.8. The van der Waals surface area contributed by atoms with Crippen molar-refractivity contribution in [1.82, 2.24) is 9.21 Å². The van der Waals surface area contributed by atoms with Gasteiger partial charge in [0.15, 0.2) is 0 Å². The van der Waals surface area contributed by atoms with Gasteiger partial charge in [0.2, 0.25) is 15.9 Å². The lowest BCUT2D eigenvalue weighted by molar-refractivity contribution is -0.158. The van der Waals surface area contributed by atoms with E-state index in [1.807, 2.05) is 24.3 Å². The van der Waals surface area contributed by atoms with Crippen LogP contribution in [0.25, 0.3) is 11.1 Å². The fourth-order valence-corrected chi connectivity index (χ4v) is 5.70. The molecule has 2 aromatic rings. The van der Waals surface area contributed by atoms with Crippen molar-refractivity contribution in [1.29, 1.82) is 0 Å². The number of aryl methyl sites for hydroxylation is 1. The summed E-state index contributed by atoms with van der Waals surface area (Å²) in [6.45, 7) is 3.67. The van der Waals surface area contributed by atoms with E-state index < -0.39 is 10.0 Å². The van der Waals surface area contributed by atoms with E-state index >= 15 is 0 Å². The van der Waals surface area contributed by atoms with E-state index in [1.165, 1.54) is 15.4 Å². The number of aliphatic hydroxyl groups excluding tert-OH is 1. The van der Waals surface area contributed by atoms with Crippen molar-refractivity contribution in [3.63, 3.8) is 0 Å². The van der Waals surface area contributed by atoms with Crippen LogP contribution in [0.4, 0.5) is 0 Å². The third kappa shape index (κ3) is 3.37. The van der Waals surface area contributed by atoms with E-state index in [2.05, 4.69) is 31.2 Å². The van der Waals surface area contributed by atoms with E-state index in [9.17, 15) is 18.3 Å². The number of hydrogen-bond acceptors (Lipinski definition) is 4. The van der Waals surface area contributed by atoms with Gasteiger partial charge < -0.3 is 10.0 Å². The quantitative estimate of drug-likeness (QED) is 0.812. The van der Waals surface area contributed by atoms with Gasteiger partial charge in [-0.05, 0) is 36.1 Å². The summed E-state index contributed by atoms with van der Waals surface area (Å²) in [5.41, 5.74) is 4.49. The average molecular weight is 415 g/mol. The first kappa shape index (κ1) is 20.1. The molecule has 2 aliphatic heterocycles. The van der Waals surface area contributed by atoms with Crippen LogP contribution in [-0.4, -0.2) is 66.2 Å². The number of sulfonamides is 1. The fourth-order valence-electron chi connectivity index (χ4n) is 4.65. The molecule has 1 N–H and O–H groups in total. The number of amides is 1. The van der Waals surface area contributed by atoms with Crippen molar-refractivity contribution in [2.45, 2.75) is 31.8 Å². The summed E-state index contributed by atoms with van der Waals surface area (Å²) >= 11 is 0. The van der Waals surface area contributed by atoms with E-state index in [4.69, 9.17) is 0 Å². The van der Waals surface area contributed by atoms with Gasteiger partial charge in [0.25, 0.3) is 0 Å². The number of piperazine rings is 1. The molecule has 2 aromatic carbocycles. The Morgan fingerprint density at radius 2 is 1.79 bits per heavy atom. The Kier molecular flexibility index (Phi) is 5.23. The maximum Gasteiger partial charge on any atom is 0.238 e. The third-order valence-corrected chi connectivity index (χ3v) is 8.03. The molecule has 0 aliphatic carbocycles. The molecule has 3 atom stereocenters. The van der Waals surface area contributed by atoms with Crippen molar-refractivity contribution in [2.75, 3.05) is 25.4 Å². The highest BCUT2D eigenvalue weighted by Crippen LogP contribution is 2.43. The molecule has 6 nitrogen and oxygen atoms in total. The molecule has 1 amide bonds. The summed E-state index contributed by atoms with van der Waals surface area (Å²) in [5, 5.41) is 9.89. The lowest BCUT2D eigenvalue weighted by Crippen LogP contribution is -2.73. The van der Waals surface area contributed by atoms with Crippen molar-refractivity contribution in [2.24, 2.45) is 0 Å². The van der Waals surface area contributed by atoms with Crippen molar-refractivity contribution in [3.8, 4) is 11.1 Å². The third-order valence-electron chi connectivity index (χ3n) is 6.23. The summed E-state index contributed by atoms with van der Waals surface area (Å²) in [6.07, 6.45) is 0. The molecule has 0 bridgehead atoms. The minimum atomic E-state index is -3.43. The van der Waals surface area contributed by atoms with Gasteiger partial charge >= 0.3 is 0 Å². The van der Waals surface area contributed by atoms with E-state index in [1.54, 1.807) is 11.8 Å². The van der Waals surface area contributed by atoms with Crippen LogP contribution >= 0.6 is 0 Å². The van der Waals surface area contributed by atoms with Gasteiger partial charge in [0.05, 0.1) is 31.0 Å². The normalized spacial score (nSPS) is 24.9. The first-order chi connectivity index (χ1) is 13.9. The zero-order valence-corrected chi connectivity index (χ0v) is 17.5. The molecule has 0 spiro atoms. The van der Waals surface area contributed by atoms with Crippen molar-refractivity contribution in [3.05, 3.63) is 59.7 Å². The molecule has 154 valence electrons. The Bertz CT molecular complexity index is 1020. The van der Waals surface area contributed by atoms with Gasteiger partial charge in [0, 0.05) is 12.5 Å². The second-order valence-electron chi connectivity index (χ2n) is 7.77. The lowest BCUT2D eigenvalue weighted by atomic mass is 9.74. The first-order valence-corrected chi connectivity index (χ1v) is 11.5. The summed E-state index contributed by atoms with van der Waals surface area (Å²) in [4.78, 5) is 14.2. The maximum atomic E-state index is 12.6. The summed E-state index contributed by atoms with van der Waals surface area (Å²) < 4.78 is 25.9. The SMILES string of the molecule is CCS(=O)(=O)N1CC(=O)N2[C@H](CO)[C@@H](c3ccc(-c4ccccc4C)cc3)[C@@H]2C1. The summed E-state index contributed by atoms with van der Waals surface area (Å²) in [7, 11) is -3.43. The number of nitrogens with zero attached hydrogens (tertiary/aromatic N) is 2. The number of rotatable bonds is 5. The fraction of sp³-hybridized carbons (Fsp3) is 0.409. The van der Waals surface area contributed by atoms with E-state index in [0.29, 0.717) is 0 Å². The molecule has 2 fully saturated rings. The molecule has 2 aliphatic rings.